The second-order valence-electron chi connectivity index (χ2n) is 5.96. The van der Waals surface area contributed by atoms with Crippen LogP contribution in [0, 0.1) is 0 Å². The molecule has 0 saturated heterocycles. The van der Waals surface area contributed by atoms with Crippen LogP contribution in [-0.4, -0.2) is 46.7 Å². The molecule has 1 unspecified atom stereocenters. The number of carboxylic acids is 1. The first-order valence-electron chi connectivity index (χ1n) is 8.81. The van der Waals surface area contributed by atoms with E-state index in [-0.39, 0.29) is 29.6 Å². The van der Waals surface area contributed by atoms with Crippen LogP contribution in [0.2, 0.25) is 0 Å². The molecule has 0 aliphatic rings. The van der Waals surface area contributed by atoms with Crippen LogP contribution in [-0.2, 0) is 4.79 Å². The summed E-state index contributed by atoms with van der Waals surface area (Å²) in [7, 11) is 0. The summed E-state index contributed by atoms with van der Waals surface area (Å²) < 4.78 is 0. The zero-order valence-corrected chi connectivity index (χ0v) is 16.9. The smallest absolute Gasteiger partial charge is 0.320 e. The van der Waals surface area contributed by atoms with Crippen LogP contribution >= 0.6 is 0 Å². The third kappa shape index (κ3) is 18.2. The molecule has 3 nitrogen and oxygen atoms in total. The van der Waals surface area contributed by atoms with Gasteiger partial charge in [0.25, 0.3) is 0 Å². The quantitative estimate of drug-likeness (QED) is 0.262. The van der Waals surface area contributed by atoms with Crippen molar-refractivity contribution in [2.45, 2.75) is 96.4 Å². The van der Waals surface area contributed by atoms with Crippen molar-refractivity contribution in [3.8, 4) is 0 Å². The maximum atomic E-state index is 10.5. The molecule has 3 N–H and O–H groups in total. The Bertz CT molecular complexity index is 270. The molecule has 0 heterocycles. The Morgan fingerprint density at radius 3 is 1.86 bits per heavy atom. The van der Waals surface area contributed by atoms with Crippen LogP contribution in [0.3, 0.4) is 0 Å². The van der Waals surface area contributed by atoms with E-state index < -0.39 is 12.0 Å². The molecule has 0 fully saturated rings. The Labute approximate surface area is 159 Å². The molecule has 22 heavy (non-hydrogen) atoms. The van der Waals surface area contributed by atoms with Gasteiger partial charge in [0.05, 0.1) is 0 Å². The summed E-state index contributed by atoms with van der Waals surface area (Å²) in [6, 6.07) is -0.678. The van der Waals surface area contributed by atoms with Crippen LogP contribution < -0.4 is 5.73 Å². The monoisotopic (exact) mass is 320 g/mol. The Morgan fingerprint density at radius 1 is 0.909 bits per heavy atom. The van der Waals surface area contributed by atoms with Gasteiger partial charge in [-0.3, -0.25) is 4.79 Å². The maximum absolute atomic E-state index is 10.5. The van der Waals surface area contributed by atoms with Gasteiger partial charge in [-0.25, -0.2) is 0 Å². The Balaban J connectivity index is 0. The average molecular weight is 320 g/mol. The van der Waals surface area contributed by atoms with E-state index in [2.05, 4.69) is 19.1 Å². The molecule has 1 atom stereocenters. The van der Waals surface area contributed by atoms with Crippen LogP contribution in [0.4, 0.5) is 0 Å². The molecule has 1 radical (unpaired) electrons. The summed E-state index contributed by atoms with van der Waals surface area (Å²) in [5.41, 5.74) is 5.45. The van der Waals surface area contributed by atoms with Crippen molar-refractivity contribution in [1.82, 2.24) is 0 Å². The van der Waals surface area contributed by atoms with Gasteiger partial charge in [-0.15, -0.1) is 0 Å². The van der Waals surface area contributed by atoms with Crippen molar-refractivity contribution < 1.29 is 9.90 Å². The number of unbranched alkanes of at least 4 members (excludes halogenated alkanes) is 10. The fraction of sp³-hybridized carbons (Fsp3) is 0.833. The van der Waals surface area contributed by atoms with E-state index in [1.165, 1.54) is 57.8 Å². The summed E-state index contributed by atoms with van der Waals surface area (Å²) in [6.45, 7) is 2.25. The average Bonchev–Trinajstić information content (AvgIpc) is 2.47. The number of allylic oxidation sites excluding steroid dienone is 2. The molecule has 0 bridgehead atoms. The Morgan fingerprint density at radius 2 is 1.36 bits per heavy atom. The van der Waals surface area contributed by atoms with Gasteiger partial charge in [0.15, 0.2) is 0 Å². The zero-order chi connectivity index (χ0) is 15.8. The molecule has 0 aromatic carbocycles. The molecule has 0 saturated carbocycles. The molecule has 0 spiro atoms. The SMILES string of the molecule is CCCCCCCCC=CCCCCCCC(N)C(=O)O.[Na]. The van der Waals surface area contributed by atoms with E-state index in [0.29, 0.717) is 6.42 Å². The van der Waals surface area contributed by atoms with Crippen LogP contribution in [0.1, 0.15) is 90.4 Å². The zero-order valence-electron chi connectivity index (χ0n) is 14.9. The van der Waals surface area contributed by atoms with Gasteiger partial charge < -0.3 is 10.8 Å². The van der Waals surface area contributed by atoms with Crippen LogP contribution in [0.5, 0.6) is 0 Å². The first-order chi connectivity index (χ1) is 10.2. The van der Waals surface area contributed by atoms with Gasteiger partial charge in [-0.2, -0.15) is 0 Å². The molecule has 125 valence electrons. The summed E-state index contributed by atoms with van der Waals surface area (Å²) in [5.74, 6) is -0.882. The van der Waals surface area contributed by atoms with Crippen molar-refractivity contribution in [2.75, 3.05) is 0 Å². The van der Waals surface area contributed by atoms with E-state index in [1.807, 2.05) is 0 Å². The number of aliphatic carboxylic acids is 1. The van der Waals surface area contributed by atoms with E-state index in [9.17, 15) is 4.79 Å². The van der Waals surface area contributed by atoms with E-state index in [0.717, 1.165) is 19.3 Å². The normalized spacial score (nSPS) is 12.3. The molecular weight excluding hydrogens is 285 g/mol. The maximum Gasteiger partial charge on any atom is 0.320 e. The predicted octanol–water partition coefficient (Wildman–Crippen LogP) is 4.66. The minimum Gasteiger partial charge on any atom is -0.480 e. The number of hydrogen-bond donors (Lipinski definition) is 2. The third-order valence-electron chi connectivity index (χ3n) is 3.84. The van der Waals surface area contributed by atoms with Gasteiger partial charge in [0.1, 0.15) is 6.04 Å². The summed E-state index contributed by atoms with van der Waals surface area (Å²) >= 11 is 0. The van der Waals surface area contributed by atoms with E-state index in [1.54, 1.807) is 0 Å². The van der Waals surface area contributed by atoms with E-state index in [4.69, 9.17) is 10.8 Å². The summed E-state index contributed by atoms with van der Waals surface area (Å²) in [5, 5.41) is 8.65. The van der Waals surface area contributed by atoms with Crippen molar-refractivity contribution in [3.05, 3.63) is 12.2 Å². The number of hydrogen-bond acceptors (Lipinski definition) is 2. The molecule has 0 amide bonds. The first kappa shape index (κ1) is 24.4. The minimum atomic E-state index is -0.882. The van der Waals surface area contributed by atoms with Crippen molar-refractivity contribution in [1.29, 1.82) is 0 Å². The van der Waals surface area contributed by atoms with Crippen LogP contribution in [0.15, 0.2) is 12.2 Å². The summed E-state index contributed by atoms with van der Waals surface area (Å²) in [6.07, 6.45) is 20.2. The first-order valence-corrected chi connectivity index (χ1v) is 8.81. The van der Waals surface area contributed by atoms with Gasteiger partial charge in [0, 0.05) is 29.6 Å². The van der Waals surface area contributed by atoms with Crippen LogP contribution in [0.25, 0.3) is 0 Å². The van der Waals surface area contributed by atoms with Gasteiger partial charge in [-0.1, -0.05) is 70.4 Å². The molecule has 0 aliphatic heterocycles. The minimum absolute atomic E-state index is 0. The molecule has 4 heteroatoms. The van der Waals surface area contributed by atoms with Gasteiger partial charge in [0.2, 0.25) is 0 Å². The van der Waals surface area contributed by atoms with Gasteiger partial charge in [-0.05, 0) is 32.1 Å². The molecular formula is C18H35NNaO2. The number of carboxylic acid groups (broad SMARTS) is 1. The largest absolute Gasteiger partial charge is 0.480 e. The third-order valence-corrected chi connectivity index (χ3v) is 3.84. The molecule has 0 aromatic heterocycles. The Kier molecular flexibility index (Phi) is 21.3. The second kappa shape index (κ2) is 19.2. The second-order valence-corrected chi connectivity index (χ2v) is 5.96. The standard InChI is InChI=1S/C18H35NO2.Na/c1-2-3-4-5-6-7-8-9-10-11-12-13-14-15-16-17(19)18(20)21;/h9-10,17H,2-8,11-16,19H2,1H3,(H,20,21);. The Hall–Kier alpha value is 0.170. The number of carbonyl (C=O) groups is 1. The molecule has 0 aliphatic carbocycles. The number of nitrogens with two attached hydrogens (primary N) is 1. The number of rotatable bonds is 15. The van der Waals surface area contributed by atoms with Crippen molar-refractivity contribution >= 4 is 35.5 Å². The molecule has 0 rings (SSSR count). The topological polar surface area (TPSA) is 63.3 Å². The summed E-state index contributed by atoms with van der Waals surface area (Å²) in [4.78, 5) is 10.5. The fourth-order valence-electron chi connectivity index (χ4n) is 2.38. The van der Waals surface area contributed by atoms with Crippen molar-refractivity contribution in [2.24, 2.45) is 5.73 Å². The predicted molar refractivity (Wildman–Crippen MR) is 96.2 cm³/mol. The fourth-order valence-corrected chi connectivity index (χ4v) is 2.38. The van der Waals surface area contributed by atoms with Crippen molar-refractivity contribution in [3.63, 3.8) is 0 Å². The van der Waals surface area contributed by atoms with Gasteiger partial charge >= 0.3 is 5.97 Å². The van der Waals surface area contributed by atoms with E-state index >= 15 is 0 Å². The molecule has 0 aromatic rings.